The molecule has 2 aromatic heterocycles. The van der Waals surface area contributed by atoms with E-state index in [1.54, 1.807) is 29.8 Å². The molecule has 0 saturated carbocycles. The summed E-state index contributed by atoms with van der Waals surface area (Å²) in [7, 11) is 0. The van der Waals surface area contributed by atoms with Gasteiger partial charge in [0.2, 0.25) is 0 Å². The molecule has 0 fully saturated rings. The van der Waals surface area contributed by atoms with E-state index in [9.17, 15) is 9.59 Å². The summed E-state index contributed by atoms with van der Waals surface area (Å²) in [5.41, 5.74) is 1.84. The molecule has 3 aromatic rings. The van der Waals surface area contributed by atoms with E-state index in [-0.39, 0.29) is 11.8 Å². The van der Waals surface area contributed by atoms with Crippen molar-refractivity contribution in [3.63, 3.8) is 0 Å². The maximum Gasteiger partial charge on any atom is 0.271 e. The Morgan fingerprint density at radius 2 is 1.90 bits per heavy atom. The first-order valence-electron chi connectivity index (χ1n) is 9.29. The molecule has 0 radical (unpaired) electrons. The van der Waals surface area contributed by atoms with Crippen molar-refractivity contribution in [3.05, 3.63) is 65.1 Å². The van der Waals surface area contributed by atoms with Crippen molar-refractivity contribution < 1.29 is 9.59 Å². The molecule has 2 heterocycles. The summed E-state index contributed by atoms with van der Waals surface area (Å²) >= 11 is 1.32. The highest BCUT2D eigenvalue weighted by Gasteiger charge is 2.11. The molecule has 0 bridgehead atoms. The van der Waals surface area contributed by atoms with Gasteiger partial charge in [0.1, 0.15) is 17.8 Å². The summed E-state index contributed by atoms with van der Waals surface area (Å²) in [5, 5.41) is 11.0. The summed E-state index contributed by atoms with van der Waals surface area (Å²) in [4.78, 5) is 36.5. The summed E-state index contributed by atoms with van der Waals surface area (Å²) in [6.07, 6.45) is 5.05. The van der Waals surface area contributed by atoms with E-state index < -0.39 is 0 Å². The number of amides is 2. The number of carbonyl (C=O) groups excluding carboxylic acids is 2. The molecule has 0 aliphatic carbocycles. The number of nitrogens with one attached hydrogen (secondary N) is 3. The van der Waals surface area contributed by atoms with E-state index in [0.717, 1.165) is 18.4 Å². The summed E-state index contributed by atoms with van der Waals surface area (Å²) in [6.45, 7) is 3.11. The molecule has 9 heteroatoms. The van der Waals surface area contributed by atoms with Crippen molar-refractivity contribution in [2.45, 2.75) is 26.3 Å². The van der Waals surface area contributed by atoms with Crippen molar-refractivity contribution in [3.8, 4) is 0 Å². The molecule has 150 valence electrons. The van der Waals surface area contributed by atoms with Gasteiger partial charge in [-0.15, -0.1) is 11.3 Å². The van der Waals surface area contributed by atoms with Gasteiger partial charge in [-0.25, -0.2) is 15.0 Å². The second-order valence-electron chi connectivity index (χ2n) is 6.25. The van der Waals surface area contributed by atoms with Crippen LogP contribution in [0.25, 0.3) is 0 Å². The topological polar surface area (TPSA) is 109 Å². The molecule has 29 heavy (non-hydrogen) atoms. The number of anilines is 2. The molecule has 0 atom stereocenters. The van der Waals surface area contributed by atoms with Gasteiger partial charge in [-0.05, 0) is 30.2 Å². The standard InChI is InChI=1S/C20H22N6O2S/c1-2-3-9-22-18(27)15-6-4-14(5-7-15)11-23-19(28)16-12-29-20(25-16)26-17-8-10-21-13-24-17/h4-8,10,12-13H,2-3,9,11H2,1H3,(H,22,27)(H,23,28)(H,21,24,25,26). The van der Waals surface area contributed by atoms with E-state index in [4.69, 9.17) is 0 Å². The number of carbonyl (C=O) groups is 2. The number of nitrogens with zero attached hydrogens (tertiary/aromatic N) is 3. The number of aromatic nitrogens is 3. The summed E-state index contributed by atoms with van der Waals surface area (Å²) < 4.78 is 0. The van der Waals surface area contributed by atoms with Crippen LogP contribution in [0.3, 0.4) is 0 Å². The van der Waals surface area contributed by atoms with Crippen molar-refractivity contribution in [1.82, 2.24) is 25.6 Å². The van der Waals surface area contributed by atoms with Crippen LogP contribution in [0, 0.1) is 0 Å². The third kappa shape index (κ3) is 6.08. The highest BCUT2D eigenvalue weighted by molar-refractivity contribution is 7.14. The SMILES string of the molecule is CCCCNC(=O)c1ccc(CNC(=O)c2csc(Nc3ccncn3)n2)cc1. The Balaban J connectivity index is 1.50. The van der Waals surface area contributed by atoms with Gasteiger partial charge in [-0.3, -0.25) is 9.59 Å². The van der Waals surface area contributed by atoms with E-state index in [2.05, 4.69) is 37.8 Å². The minimum Gasteiger partial charge on any atom is -0.352 e. The number of benzene rings is 1. The first kappa shape index (κ1) is 20.4. The monoisotopic (exact) mass is 410 g/mol. The predicted molar refractivity (Wildman–Crippen MR) is 112 cm³/mol. The largest absolute Gasteiger partial charge is 0.352 e. The van der Waals surface area contributed by atoms with Crippen LogP contribution < -0.4 is 16.0 Å². The fraction of sp³-hybridized carbons (Fsp3) is 0.250. The Labute approximate surface area is 172 Å². The van der Waals surface area contributed by atoms with Gasteiger partial charge in [0.15, 0.2) is 5.13 Å². The number of thiazole rings is 1. The second-order valence-corrected chi connectivity index (χ2v) is 7.10. The molecule has 8 nitrogen and oxygen atoms in total. The lowest BCUT2D eigenvalue weighted by atomic mass is 10.1. The Kier molecular flexibility index (Phi) is 7.23. The van der Waals surface area contributed by atoms with E-state index in [1.165, 1.54) is 17.7 Å². The lowest BCUT2D eigenvalue weighted by molar-refractivity contribution is 0.0940. The minimum absolute atomic E-state index is 0.0831. The molecule has 1 aromatic carbocycles. The zero-order valence-corrected chi connectivity index (χ0v) is 16.8. The second kappa shape index (κ2) is 10.3. The summed E-state index contributed by atoms with van der Waals surface area (Å²) in [6, 6.07) is 8.90. The van der Waals surface area contributed by atoms with Crippen molar-refractivity contribution in [2.24, 2.45) is 0 Å². The van der Waals surface area contributed by atoms with E-state index in [1.807, 2.05) is 12.1 Å². The Bertz CT molecular complexity index is 943. The van der Waals surface area contributed by atoms with Crippen LogP contribution >= 0.6 is 11.3 Å². The smallest absolute Gasteiger partial charge is 0.271 e. The summed E-state index contributed by atoms with van der Waals surface area (Å²) in [5.74, 6) is 0.263. The van der Waals surface area contributed by atoms with E-state index >= 15 is 0 Å². The van der Waals surface area contributed by atoms with Crippen LogP contribution in [-0.2, 0) is 6.54 Å². The van der Waals surface area contributed by atoms with Gasteiger partial charge >= 0.3 is 0 Å². The Hall–Kier alpha value is -3.33. The number of hydrogen-bond donors (Lipinski definition) is 3. The Morgan fingerprint density at radius 3 is 2.62 bits per heavy atom. The quantitative estimate of drug-likeness (QED) is 0.468. The van der Waals surface area contributed by atoms with Crippen LogP contribution in [0.1, 0.15) is 46.2 Å². The highest BCUT2D eigenvalue weighted by Crippen LogP contribution is 2.19. The molecule has 0 aliphatic heterocycles. The average Bonchev–Trinajstić information content (AvgIpc) is 3.22. The van der Waals surface area contributed by atoms with Crippen LogP contribution in [0.2, 0.25) is 0 Å². The molecule has 2 amide bonds. The minimum atomic E-state index is -0.265. The van der Waals surface area contributed by atoms with Crippen LogP contribution in [0.5, 0.6) is 0 Å². The zero-order valence-electron chi connectivity index (χ0n) is 16.0. The molecular weight excluding hydrogens is 388 g/mol. The number of rotatable bonds is 9. The first-order valence-corrected chi connectivity index (χ1v) is 10.2. The van der Waals surface area contributed by atoms with Crippen LogP contribution in [0.4, 0.5) is 10.9 Å². The maximum atomic E-state index is 12.3. The zero-order chi connectivity index (χ0) is 20.5. The maximum absolute atomic E-state index is 12.3. The molecule has 3 N–H and O–H groups in total. The molecule has 0 saturated heterocycles. The number of unbranched alkanes of at least 4 members (excludes halogenated alkanes) is 1. The van der Waals surface area contributed by atoms with Crippen molar-refractivity contribution >= 4 is 34.1 Å². The average molecular weight is 411 g/mol. The lowest BCUT2D eigenvalue weighted by Crippen LogP contribution is -2.25. The number of hydrogen-bond acceptors (Lipinski definition) is 7. The van der Waals surface area contributed by atoms with Crippen molar-refractivity contribution in [2.75, 3.05) is 11.9 Å². The molecule has 0 spiro atoms. The van der Waals surface area contributed by atoms with Gasteiger partial charge in [0.05, 0.1) is 0 Å². The van der Waals surface area contributed by atoms with E-state index in [0.29, 0.717) is 35.3 Å². The van der Waals surface area contributed by atoms with Gasteiger partial charge in [0.25, 0.3) is 11.8 Å². The third-order valence-corrected chi connectivity index (χ3v) is 4.80. The normalized spacial score (nSPS) is 10.4. The predicted octanol–water partition coefficient (Wildman–Crippen LogP) is 3.14. The van der Waals surface area contributed by atoms with Crippen molar-refractivity contribution in [1.29, 1.82) is 0 Å². The first-order chi connectivity index (χ1) is 14.2. The third-order valence-electron chi connectivity index (χ3n) is 4.04. The van der Waals surface area contributed by atoms with Gasteiger partial charge in [0, 0.05) is 30.2 Å². The fourth-order valence-electron chi connectivity index (χ4n) is 2.44. The molecule has 0 aliphatic rings. The molecule has 3 rings (SSSR count). The molecular formula is C20H22N6O2S. The highest BCUT2D eigenvalue weighted by atomic mass is 32.1. The lowest BCUT2D eigenvalue weighted by Gasteiger charge is -2.06. The van der Waals surface area contributed by atoms with Crippen LogP contribution in [0.15, 0.2) is 48.2 Å². The van der Waals surface area contributed by atoms with Gasteiger partial charge in [-0.2, -0.15) is 0 Å². The fourth-order valence-corrected chi connectivity index (χ4v) is 3.13. The van der Waals surface area contributed by atoms with Gasteiger partial charge < -0.3 is 16.0 Å². The Morgan fingerprint density at radius 1 is 1.07 bits per heavy atom. The van der Waals surface area contributed by atoms with Gasteiger partial charge in [-0.1, -0.05) is 25.5 Å². The molecule has 0 unspecified atom stereocenters. The van der Waals surface area contributed by atoms with Crippen LogP contribution in [-0.4, -0.2) is 33.3 Å².